The maximum Gasteiger partial charge on any atom is 0.416 e. The fraction of sp³-hybridized carbons (Fsp3) is 0.190. The number of fused-ring (bicyclic) bond motifs is 1. The van der Waals surface area contributed by atoms with E-state index in [1.54, 1.807) is 6.07 Å². The van der Waals surface area contributed by atoms with Gasteiger partial charge in [0.25, 0.3) is 11.8 Å². The number of thiocarbonyl (C=S) groups is 1. The van der Waals surface area contributed by atoms with Gasteiger partial charge in [-0.15, -0.1) is 0 Å². The van der Waals surface area contributed by atoms with Crippen molar-refractivity contribution in [2.45, 2.75) is 18.9 Å². The molecule has 0 atom stereocenters. The average Bonchev–Trinajstić information content (AvgIpc) is 3.05. The second kappa shape index (κ2) is 8.62. The second-order valence-corrected chi connectivity index (χ2v) is 8.98. The molecule has 0 bridgehead atoms. The quantitative estimate of drug-likeness (QED) is 0.347. The number of rotatable bonds is 3. The minimum absolute atomic E-state index is 0.0254. The van der Waals surface area contributed by atoms with Crippen LogP contribution >= 0.6 is 24.0 Å². The van der Waals surface area contributed by atoms with Crippen molar-refractivity contribution in [3.8, 4) is 5.75 Å². The molecule has 2 amide bonds. The maximum atomic E-state index is 13.2. The number of amides is 2. The molecule has 1 fully saturated rings. The summed E-state index contributed by atoms with van der Waals surface area (Å²) in [6.45, 7) is -0.993. The summed E-state index contributed by atoms with van der Waals surface area (Å²) < 4.78 is 84.9. The van der Waals surface area contributed by atoms with E-state index < -0.39 is 48.4 Å². The Balaban J connectivity index is 1.73. The minimum atomic E-state index is -5.01. The number of anilines is 1. The van der Waals surface area contributed by atoms with E-state index in [-0.39, 0.29) is 32.3 Å². The zero-order chi connectivity index (χ0) is 24.8. The van der Waals surface area contributed by atoms with E-state index in [9.17, 15) is 35.9 Å². The Morgan fingerprint density at radius 1 is 1.03 bits per heavy atom. The number of thioether (sulfide) groups is 1. The van der Waals surface area contributed by atoms with Crippen LogP contribution in [0.1, 0.15) is 22.3 Å². The van der Waals surface area contributed by atoms with Crippen LogP contribution in [0.4, 0.5) is 32.0 Å². The van der Waals surface area contributed by atoms with Crippen LogP contribution in [0, 0.1) is 0 Å². The summed E-state index contributed by atoms with van der Waals surface area (Å²) in [6.07, 6.45) is -8.53. The molecule has 0 aliphatic carbocycles. The lowest BCUT2D eigenvalue weighted by Crippen LogP contribution is -2.38. The van der Waals surface area contributed by atoms with Gasteiger partial charge in [0.05, 0.1) is 28.3 Å². The van der Waals surface area contributed by atoms with Gasteiger partial charge in [0.1, 0.15) is 10.1 Å². The molecule has 0 radical (unpaired) electrons. The maximum absolute atomic E-state index is 13.2. The van der Waals surface area contributed by atoms with Gasteiger partial charge in [-0.05, 0) is 47.5 Å². The number of nitrogens with one attached hydrogen (secondary N) is 1. The first-order valence-corrected chi connectivity index (χ1v) is 10.6. The van der Waals surface area contributed by atoms with E-state index in [4.69, 9.17) is 17.0 Å². The largest absolute Gasteiger partial charge is 0.482 e. The molecule has 0 unspecified atom stereocenters. The summed E-state index contributed by atoms with van der Waals surface area (Å²) in [6, 6.07) is 5.70. The molecule has 2 heterocycles. The number of carbonyl (C=O) groups is 2. The second-order valence-electron chi connectivity index (χ2n) is 7.26. The highest BCUT2D eigenvalue weighted by Crippen LogP contribution is 2.39. The molecule has 5 nitrogen and oxygen atoms in total. The van der Waals surface area contributed by atoms with Crippen molar-refractivity contribution in [1.29, 1.82) is 0 Å². The SMILES string of the molecule is O=C1NC(=S)SC1=Cc1ccc2c(c1)N(Cc1cc(C(F)(F)F)cc(C(F)(F)F)c1)C(=O)CO2. The lowest BCUT2D eigenvalue weighted by Gasteiger charge is -2.30. The zero-order valence-corrected chi connectivity index (χ0v) is 18.3. The Hall–Kier alpha value is -3.06. The van der Waals surface area contributed by atoms with Gasteiger partial charge >= 0.3 is 12.4 Å². The van der Waals surface area contributed by atoms with Crippen LogP contribution in [0.15, 0.2) is 41.3 Å². The molecular weight excluding hydrogens is 506 g/mol. The van der Waals surface area contributed by atoms with Crippen molar-refractivity contribution in [2.24, 2.45) is 0 Å². The highest BCUT2D eigenvalue weighted by molar-refractivity contribution is 8.26. The molecule has 13 heteroatoms. The van der Waals surface area contributed by atoms with E-state index in [2.05, 4.69) is 5.32 Å². The van der Waals surface area contributed by atoms with E-state index in [0.717, 1.165) is 16.7 Å². The number of carbonyl (C=O) groups excluding carboxylic acids is 2. The van der Waals surface area contributed by atoms with Gasteiger partial charge in [0.15, 0.2) is 6.61 Å². The Labute approximate surface area is 197 Å². The average molecular weight is 518 g/mol. The summed E-state index contributed by atoms with van der Waals surface area (Å²) in [5.41, 5.74) is -2.72. The molecule has 0 saturated carbocycles. The summed E-state index contributed by atoms with van der Waals surface area (Å²) in [5, 5.41) is 2.45. The normalized spacial score (nSPS) is 17.6. The molecule has 1 saturated heterocycles. The first kappa shape index (κ1) is 24.1. The third kappa shape index (κ3) is 5.04. The van der Waals surface area contributed by atoms with Gasteiger partial charge in [-0.3, -0.25) is 9.59 Å². The van der Waals surface area contributed by atoms with E-state index in [1.165, 1.54) is 18.2 Å². The van der Waals surface area contributed by atoms with Crippen molar-refractivity contribution in [1.82, 2.24) is 5.32 Å². The molecule has 2 aliphatic rings. The number of nitrogens with zero attached hydrogens (tertiary/aromatic N) is 1. The van der Waals surface area contributed by atoms with Crippen LogP contribution in [0.3, 0.4) is 0 Å². The molecule has 0 aromatic heterocycles. The third-order valence-corrected chi connectivity index (χ3v) is 6.02. The Morgan fingerprint density at radius 2 is 1.68 bits per heavy atom. The van der Waals surface area contributed by atoms with Gasteiger partial charge < -0.3 is 15.0 Å². The number of ether oxygens (including phenoxy) is 1. The Morgan fingerprint density at radius 3 is 2.24 bits per heavy atom. The Bertz CT molecular complexity index is 1210. The highest BCUT2D eigenvalue weighted by atomic mass is 32.2. The fourth-order valence-electron chi connectivity index (χ4n) is 3.35. The number of hydrogen-bond acceptors (Lipinski definition) is 5. The predicted molar refractivity (Wildman–Crippen MR) is 116 cm³/mol. The highest BCUT2D eigenvalue weighted by Gasteiger charge is 2.37. The monoisotopic (exact) mass is 518 g/mol. The smallest absolute Gasteiger partial charge is 0.416 e. The number of benzene rings is 2. The van der Waals surface area contributed by atoms with Crippen LogP contribution in [0.25, 0.3) is 6.08 Å². The molecule has 0 spiro atoms. The van der Waals surface area contributed by atoms with Gasteiger partial charge in [-0.1, -0.05) is 30.0 Å². The van der Waals surface area contributed by atoms with Crippen molar-refractivity contribution in [2.75, 3.05) is 11.5 Å². The van der Waals surface area contributed by atoms with Crippen LogP contribution in [-0.2, 0) is 28.5 Å². The Kier molecular flexibility index (Phi) is 6.10. The number of alkyl halides is 6. The van der Waals surface area contributed by atoms with Crippen LogP contribution in [-0.4, -0.2) is 22.7 Å². The molecule has 1 N–H and O–H groups in total. The molecule has 2 aromatic carbocycles. The van der Waals surface area contributed by atoms with Crippen molar-refractivity contribution in [3.63, 3.8) is 0 Å². The lowest BCUT2D eigenvalue weighted by molar-refractivity contribution is -0.143. The van der Waals surface area contributed by atoms with Gasteiger partial charge in [0, 0.05) is 0 Å². The first-order valence-electron chi connectivity index (χ1n) is 9.42. The first-order chi connectivity index (χ1) is 15.8. The van der Waals surface area contributed by atoms with E-state index in [0.29, 0.717) is 17.7 Å². The van der Waals surface area contributed by atoms with Crippen molar-refractivity contribution in [3.05, 3.63) is 63.6 Å². The summed E-state index contributed by atoms with van der Waals surface area (Å²) in [7, 11) is 0. The lowest BCUT2D eigenvalue weighted by atomic mass is 10.0. The van der Waals surface area contributed by atoms with Crippen LogP contribution in [0.2, 0.25) is 0 Å². The molecule has 4 rings (SSSR count). The minimum Gasteiger partial charge on any atom is -0.482 e. The number of hydrogen-bond donors (Lipinski definition) is 1. The molecule has 34 heavy (non-hydrogen) atoms. The molecular formula is C21H12F6N2O3S2. The van der Waals surface area contributed by atoms with E-state index in [1.807, 2.05) is 0 Å². The van der Waals surface area contributed by atoms with E-state index >= 15 is 0 Å². The third-order valence-electron chi connectivity index (χ3n) is 4.85. The van der Waals surface area contributed by atoms with Crippen LogP contribution in [0.5, 0.6) is 5.75 Å². The van der Waals surface area contributed by atoms with Gasteiger partial charge in [-0.2, -0.15) is 26.3 Å². The van der Waals surface area contributed by atoms with Crippen molar-refractivity contribution < 1.29 is 40.7 Å². The number of halogens is 6. The summed E-state index contributed by atoms with van der Waals surface area (Å²) in [5.74, 6) is -0.859. The van der Waals surface area contributed by atoms with Gasteiger partial charge in [-0.25, -0.2) is 0 Å². The summed E-state index contributed by atoms with van der Waals surface area (Å²) >= 11 is 5.95. The molecule has 2 aliphatic heterocycles. The molecule has 178 valence electrons. The summed E-state index contributed by atoms with van der Waals surface area (Å²) in [4.78, 5) is 25.8. The predicted octanol–water partition coefficient (Wildman–Crippen LogP) is 5.14. The van der Waals surface area contributed by atoms with Crippen molar-refractivity contribution >= 4 is 51.9 Å². The standard InChI is InChI=1S/C21H12F6N2O3S2/c22-20(23,24)12-3-11(4-13(7-12)21(25,26)27)8-29-14-5-10(1-2-15(14)32-9-17(29)30)6-16-18(31)28-19(33)34-16/h1-7H,8-9H2,(H,28,31,33). The topological polar surface area (TPSA) is 58.6 Å². The zero-order valence-electron chi connectivity index (χ0n) is 16.7. The molecule has 2 aromatic rings. The van der Waals surface area contributed by atoms with Gasteiger partial charge in [0.2, 0.25) is 0 Å². The van der Waals surface area contributed by atoms with Crippen LogP contribution < -0.4 is 15.0 Å². The fourth-order valence-corrected chi connectivity index (χ4v) is 4.39.